The topological polar surface area (TPSA) is 52.6 Å². The first-order chi connectivity index (χ1) is 16.5. The first kappa shape index (κ1) is 23.3. The van der Waals surface area contributed by atoms with Gasteiger partial charge in [0.25, 0.3) is 0 Å². The minimum Gasteiger partial charge on any atom is -0.418 e. The Balaban J connectivity index is 1.91. The molecule has 0 radical (unpaired) electrons. The molecule has 4 nitrogen and oxygen atoms in total. The lowest BCUT2D eigenvalue weighted by Crippen LogP contribution is -2.11. The SMILES string of the molecule is O=C(OC(=C(OC(=O)c1ccccc1)c1ccccc1Cl)c1ccccc1Cl)c1ccccc1. The molecule has 0 fully saturated rings. The second-order valence-corrected chi connectivity index (χ2v) is 7.94. The number of carbonyl (C=O) groups is 2. The van der Waals surface area contributed by atoms with Crippen molar-refractivity contribution in [2.24, 2.45) is 0 Å². The van der Waals surface area contributed by atoms with Gasteiger partial charge in [-0.1, -0.05) is 83.9 Å². The fraction of sp³-hybridized carbons (Fsp3) is 0. The molecule has 0 bridgehead atoms. The van der Waals surface area contributed by atoms with Gasteiger partial charge < -0.3 is 9.47 Å². The summed E-state index contributed by atoms with van der Waals surface area (Å²) in [5.74, 6) is -1.35. The van der Waals surface area contributed by atoms with Crippen molar-refractivity contribution in [2.75, 3.05) is 0 Å². The summed E-state index contributed by atoms with van der Waals surface area (Å²) in [6.45, 7) is 0. The minimum absolute atomic E-state index is 0.0307. The summed E-state index contributed by atoms with van der Waals surface area (Å²) < 4.78 is 11.7. The first-order valence-electron chi connectivity index (χ1n) is 10.3. The van der Waals surface area contributed by atoms with Gasteiger partial charge in [-0.15, -0.1) is 0 Å². The van der Waals surface area contributed by atoms with E-state index in [0.717, 1.165) is 0 Å². The van der Waals surface area contributed by atoms with Crippen molar-refractivity contribution >= 4 is 46.7 Å². The van der Waals surface area contributed by atoms with E-state index in [1.807, 2.05) is 0 Å². The molecule has 4 aromatic rings. The van der Waals surface area contributed by atoms with Crippen LogP contribution >= 0.6 is 23.2 Å². The Morgan fingerprint density at radius 1 is 0.471 bits per heavy atom. The largest absolute Gasteiger partial charge is 0.418 e. The molecule has 0 spiro atoms. The number of ether oxygens (including phenoxy) is 2. The van der Waals surface area contributed by atoms with E-state index in [2.05, 4.69) is 0 Å². The van der Waals surface area contributed by atoms with Crippen molar-refractivity contribution < 1.29 is 19.1 Å². The standard InChI is InChI=1S/C28H18Cl2O4/c29-23-17-9-7-15-21(23)25(33-27(31)19-11-3-1-4-12-19)26(22-16-8-10-18-24(22)30)34-28(32)20-13-5-2-6-14-20/h1-18H. The van der Waals surface area contributed by atoms with Crippen LogP contribution in [0, 0.1) is 0 Å². The van der Waals surface area contributed by atoms with Gasteiger partial charge in [-0.25, -0.2) is 9.59 Å². The second-order valence-electron chi connectivity index (χ2n) is 7.13. The number of rotatable bonds is 6. The average Bonchev–Trinajstić information content (AvgIpc) is 2.88. The normalized spacial score (nSPS) is 11.4. The van der Waals surface area contributed by atoms with Crippen LogP contribution < -0.4 is 0 Å². The van der Waals surface area contributed by atoms with Crippen LogP contribution in [0.15, 0.2) is 109 Å². The Bertz CT molecular complexity index is 1240. The van der Waals surface area contributed by atoms with E-state index < -0.39 is 11.9 Å². The van der Waals surface area contributed by atoms with Crippen LogP contribution in [0.3, 0.4) is 0 Å². The van der Waals surface area contributed by atoms with Gasteiger partial charge in [0.1, 0.15) is 0 Å². The van der Waals surface area contributed by atoms with E-state index in [1.165, 1.54) is 0 Å². The fourth-order valence-electron chi connectivity index (χ4n) is 3.19. The lowest BCUT2D eigenvalue weighted by Gasteiger charge is -2.18. The van der Waals surface area contributed by atoms with Crippen molar-refractivity contribution in [3.8, 4) is 0 Å². The van der Waals surface area contributed by atoms with Crippen molar-refractivity contribution in [2.45, 2.75) is 0 Å². The molecular formula is C28H18Cl2O4. The molecule has 0 amide bonds. The van der Waals surface area contributed by atoms with Crippen molar-refractivity contribution in [3.05, 3.63) is 141 Å². The Hall–Kier alpha value is -3.86. The molecule has 4 aromatic carbocycles. The summed E-state index contributed by atoms with van der Waals surface area (Å²) >= 11 is 12.9. The molecule has 0 aliphatic carbocycles. The molecule has 0 aliphatic rings. The summed E-state index contributed by atoms with van der Waals surface area (Å²) in [6.07, 6.45) is 0. The molecule has 0 atom stereocenters. The van der Waals surface area contributed by atoms with Crippen LogP contribution in [0.1, 0.15) is 31.8 Å². The monoisotopic (exact) mass is 488 g/mol. The zero-order valence-electron chi connectivity index (χ0n) is 17.8. The molecule has 0 saturated carbocycles. The van der Waals surface area contributed by atoms with E-state index in [0.29, 0.717) is 32.3 Å². The van der Waals surface area contributed by atoms with Gasteiger partial charge in [0.05, 0.1) is 21.2 Å². The van der Waals surface area contributed by atoms with Crippen LogP contribution in [-0.4, -0.2) is 11.9 Å². The predicted octanol–water partition coefficient (Wildman–Crippen LogP) is 7.53. The lowest BCUT2D eigenvalue weighted by molar-refractivity contribution is 0.0647. The highest BCUT2D eigenvalue weighted by Gasteiger charge is 2.25. The average molecular weight is 489 g/mol. The third kappa shape index (κ3) is 5.37. The summed E-state index contributed by atoms with van der Waals surface area (Å²) in [6, 6.07) is 30.6. The van der Waals surface area contributed by atoms with Gasteiger partial charge in [-0.2, -0.15) is 0 Å². The summed E-state index contributed by atoms with van der Waals surface area (Å²) in [7, 11) is 0. The van der Waals surface area contributed by atoms with Crippen molar-refractivity contribution in [1.82, 2.24) is 0 Å². The number of halogens is 2. The zero-order chi connectivity index (χ0) is 23.9. The highest BCUT2D eigenvalue weighted by molar-refractivity contribution is 6.33. The van der Waals surface area contributed by atoms with Crippen LogP contribution in [0.4, 0.5) is 0 Å². The van der Waals surface area contributed by atoms with Gasteiger partial charge in [-0.05, 0) is 48.5 Å². The maximum Gasteiger partial charge on any atom is 0.343 e. The molecule has 0 saturated heterocycles. The highest BCUT2D eigenvalue weighted by Crippen LogP contribution is 2.36. The number of esters is 2. The Kier molecular flexibility index (Phi) is 7.43. The molecular weight excluding hydrogens is 471 g/mol. The highest BCUT2D eigenvalue weighted by atomic mass is 35.5. The van der Waals surface area contributed by atoms with Gasteiger partial charge in [0.15, 0.2) is 11.5 Å². The third-order valence-corrected chi connectivity index (χ3v) is 5.51. The smallest absolute Gasteiger partial charge is 0.343 e. The minimum atomic E-state index is -0.643. The molecule has 0 aliphatic heterocycles. The van der Waals surface area contributed by atoms with Crippen LogP contribution in [-0.2, 0) is 9.47 Å². The van der Waals surface area contributed by atoms with Gasteiger partial charge in [0, 0.05) is 11.1 Å². The molecule has 0 aromatic heterocycles. The molecule has 0 N–H and O–H groups in total. The second kappa shape index (κ2) is 10.8. The fourth-order valence-corrected chi connectivity index (χ4v) is 3.63. The van der Waals surface area contributed by atoms with E-state index >= 15 is 0 Å². The number of hydrogen-bond acceptors (Lipinski definition) is 4. The van der Waals surface area contributed by atoms with Gasteiger partial charge >= 0.3 is 11.9 Å². The van der Waals surface area contributed by atoms with Gasteiger partial charge in [-0.3, -0.25) is 0 Å². The van der Waals surface area contributed by atoms with Crippen LogP contribution in [0.5, 0.6) is 0 Å². The van der Waals surface area contributed by atoms with E-state index in [1.54, 1.807) is 109 Å². The maximum atomic E-state index is 13.0. The summed E-state index contributed by atoms with van der Waals surface area (Å²) in [5, 5.41) is 0.609. The molecule has 6 heteroatoms. The van der Waals surface area contributed by atoms with Crippen molar-refractivity contribution in [3.63, 3.8) is 0 Å². The molecule has 0 heterocycles. The predicted molar refractivity (Wildman–Crippen MR) is 133 cm³/mol. The molecule has 4 rings (SSSR count). The van der Waals surface area contributed by atoms with Crippen LogP contribution in [0.25, 0.3) is 11.5 Å². The number of hydrogen-bond donors (Lipinski definition) is 0. The van der Waals surface area contributed by atoms with Crippen LogP contribution in [0.2, 0.25) is 10.0 Å². The quantitative estimate of drug-likeness (QED) is 0.160. The number of carbonyl (C=O) groups excluding carboxylic acids is 2. The number of benzene rings is 4. The maximum absolute atomic E-state index is 13.0. The summed E-state index contributed by atoms with van der Waals surface area (Å²) in [4.78, 5) is 26.1. The Morgan fingerprint density at radius 2 is 0.794 bits per heavy atom. The Labute approximate surface area is 207 Å². The molecule has 0 unspecified atom stereocenters. The van der Waals surface area contributed by atoms with E-state index in [4.69, 9.17) is 32.7 Å². The third-order valence-electron chi connectivity index (χ3n) is 4.85. The zero-order valence-corrected chi connectivity index (χ0v) is 19.3. The first-order valence-corrected chi connectivity index (χ1v) is 11.1. The Morgan fingerprint density at radius 3 is 1.15 bits per heavy atom. The van der Waals surface area contributed by atoms with E-state index in [-0.39, 0.29) is 11.5 Å². The molecule has 168 valence electrons. The van der Waals surface area contributed by atoms with Crippen molar-refractivity contribution in [1.29, 1.82) is 0 Å². The lowest BCUT2D eigenvalue weighted by atomic mass is 10.1. The van der Waals surface area contributed by atoms with Gasteiger partial charge in [0.2, 0.25) is 0 Å². The van der Waals surface area contributed by atoms with E-state index in [9.17, 15) is 9.59 Å². The molecule has 34 heavy (non-hydrogen) atoms. The summed E-state index contributed by atoms with van der Waals surface area (Å²) in [5.41, 5.74) is 1.37.